The van der Waals surface area contributed by atoms with Crippen molar-refractivity contribution in [1.29, 1.82) is 0 Å². The van der Waals surface area contributed by atoms with Crippen LogP contribution in [0.4, 0.5) is 11.4 Å². The van der Waals surface area contributed by atoms with Gasteiger partial charge in [0.1, 0.15) is 5.56 Å². The molecule has 17 heavy (non-hydrogen) atoms. The van der Waals surface area contributed by atoms with Crippen LogP contribution in [-0.2, 0) is 6.42 Å². The number of carboxylic acid groups (broad SMARTS) is 1. The van der Waals surface area contributed by atoms with Gasteiger partial charge in [-0.15, -0.1) is 0 Å². The molecule has 0 aliphatic rings. The quantitative estimate of drug-likeness (QED) is 0.631. The number of carbonyl (C=O) groups is 1. The van der Waals surface area contributed by atoms with Crippen LogP contribution in [0, 0.1) is 20.2 Å². The Labute approximate surface area is 94.8 Å². The molecule has 0 saturated heterocycles. The van der Waals surface area contributed by atoms with E-state index in [1.54, 1.807) is 6.92 Å². The van der Waals surface area contributed by atoms with Crippen LogP contribution in [0.1, 0.15) is 22.8 Å². The molecule has 1 N–H and O–H groups in total. The molecular weight excluding hydrogens is 232 g/mol. The van der Waals surface area contributed by atoms with Crippen molar-refractivity contribution in [3.05, 3.63) is 43.5 Å². The van der Waals surface area contributed by atoms with Gasteiger partial charge in [-0.05, 0) is 12.5 Å². The fourth-order valence-electron chi connectivity index (χ4n) is 1.47. The lowest BCUT2D eigenvalue weighted by Gasteiger charge is -2.03. The zero-order chi connectivity index (χ0) is 13.2. The lowest BCUT2D eigenvalue weighted by molar-refractivity contribution is -0.423. The molecule has 0 fully saturated rings. The van der Waals surface area contributed by atoms with Gasteiger partial charge in [-0.3, -0.25) is 20.2 Å². The maximum atomic E-state index is 10.8. The van der Waals surface area contributed by atoms with Gasteiger partial charge in [0, 0.05) is 5.56 Å². The number of hydrogen-bond donors (Lipinski definition) is 1. The summed E-state index contributed by atoms with van der Waals surface area (Å²) < 4.78 is 0. The van der Waals surface area contributed by atoms with Crippen molar-refractivity contribution in [1.82, 2.24) is 0 Å². The lowest BCUT2D eigenvalue weighted by atomic mass is 10.0. The van der Waals surface area contributed by atoms with Crippen molar-refractivity contribution in [3.63, 3.8) is 0 Å². The first kappa shape index (κ1) is 12.6. The molecule has 0 spiro atoms. The van der Waals surface area contributed by atoms with Gasteiger partial charge >= 0.3 is 17.3 Å². The number of nitrogens with zero attached hydrogens (tertiary/aromatic N) is 2. The van der Waals surface area contributed by atoms with Gasteiger partial charge < -0.3 is 5.11 Å². The molecule has 0 unspecified atom stereocenters. The number of rotatable bonds is 4. The third-order valence-corrected chi connectivity index (χ3v) is 2.21. The maximum Gasteiger partial charge on any atom is 0.360 e. The Morgan fingerprint density at radius 1 is 1.24 bits per heavy atom. The van der Waals surface area contributed by atoms with E-state index in [1.165, 1.54) is 6.07 Å². The van der Waals surface area contributed by atoms with Crippen molar-refractivity contribution in [2.75, 3.05) is 0 Å². The average Bonchev–Trinajstić information content (AvgIpc) is 2.26. The monoisotopic (exact) mass is 240 g/mol. The van der Waals surface area contributed by atoms with Gasteiger partial charge in [0.05, 0.1) is 9.85 Å². The Morgan fingerprint density at radius 2 is 1.76 bits per heavy atom. The Bertz CT molecular complexity index is 510. The molecule has 8 heteroatoms. The van der Waals surface area contributed by atoms with E-state index in [0.717, 1.165) is 6.07 Å². The molecule has 0 amide bonds. The lowest BCUT2D eigenvalue weighted by Crippen LogP contribution is -2.07. The van der Waals surface area contributed by atoms with Gasteiger partial charge in [0.25, 0.3) is 0 Å². The Hall–Kier alpha value is -2.51. The standard InChI is InChI=1S/C9H8N2O6/c1-2-5-3-4-6(9(12)13)8(11(16)17)7(5)10(14)15/h3-4H,2H2,1H3,(H,12,13). The largest absolute Gasteiger partial charge is 0.477 e. The molecule has 0 aromatic heterocycles. The highest BCUT2D eigenvalue weighted by Gasteiger charge is 2.34. The smallest absolute Gasteiger partial charge is 0.360 e. The molecule has 8 nitrogen and oxygen atoms in total. The molecule has 0 radical (unpaired) electrons. The number of nitro benzene ring substituents is 2. The molecule has 0 aliphatic carbocycles. The third-order valence-electron chi connectivity index (χ3n) is 2.21. The van der Waals surface area contributed by atoms with E-state index in [0.29, 0.717) is 0 Å². The van der Waals surface area contributed by atoms with E-state index in [2.05, 4.69) is 0 Å². The van der Waals surface area contributed by atoms with Gasteiger partial charge in [0.15, 0.2) is 0 Å². The highest BCUT2D eigenvalue weighted by Crippen LogP contribution is 2.34. The summed E-state index contributed by atoms with van der Waals surface area (Å²) in [5.74, 6) is -1.57. The van der Waals surface area contributed by atoms with Crippen LogP contribution in [0.25, 0.3) is 0 Å². The Balaban J connectivity index is 3.71. The van der Waals surface area contributed by atoms with Crippen molar-refractivity contribution in [2.45, 2.75) is 13.3 Å². The van der Waals surface area contributed by atoms with Crippen LogP contribution in [0.2, 0.25) is 0 Å². The molecule has 0 heterocycles. The fraction of sp³-hybridized carbons (Fsp3) is 0.222. The van der Waals surface area contributed by atoms with Crippen molar-refractivity contribution >= 4 is 17.3 Å². The zero-order valence-corrected chi connectivity index (χ0v) is 8.74. The highest BCUT2D eigenvalue weighted by molar-refractivity contribution is 5.95. The molecule has 1 aromatic carbocycles. The molecule has 0 bridgehead atoms. The van der Waals surface area contributed by atoms with E-state index >= 15 is 0 Å². The van der Waals surface area contributed by atoms with E-state index in [1.807, 2.05) is 0 Å². The number of carboxylic acids is 1. The summed E-state index contributed by atoms with van der Waals surface area (Å²) >= 11 is 0. The number of aromatic carboxylic acids is 1. The summed E-state index contributed by atoms with van der Waals surface area (Å²) in [6.07, 6.45) is 0.205. The van der Waals surface area contributed by atoms with Crippen LogP contribution in [0.5, 0.6) is 0 Å². The minimum absolute atomic E-state index is 0.131. The van der Waals surface area contributed by atoms with Gasteiger partial charge in [-0.25, -0.2) is 4.79 Å². The van der Waals surface area contributed by atoms with Crippen LogP contribution in [0.15, 0.2) is 12.1 Å². The highest BCUT2D eigenvalue weighted by atomic mass is 16.6. The van der Waals surface area contributed by atoms with Crippen LogP contribution >= 0.6 is 0 Å². The second kappa shape index (κ2) is 4.56. The van der Waals surface area contributed by atoms with Crippen LogP contribution in [0.3, 0.4) is 0 Å². The number of aryl methyl sites for hydroxylation is 1. The van der Waals surface area contributed by atoms with E-state index in [4.69, 9.17) is 5.11 Å². The third kappa shape index (κ3) is 2.19. The molecule has 0 atom stereocenters. The number of nitro groups is 2. The topological polar surface area (TPSA) is 124 Å². The van der Waals surface area contributed by atoms with E-state index < -0.39 is 32.8 Å². The molecule has 0 saturated carbocycles. The molecule has 1 rings (SSSR count). The fourth-order valence-corrected chi connectivity index (χ4v) is 1.47. The molecule has 1 aromatic rings. The van der Waals surface area contributed by atoms with E-state index in [9.17, 15) is 25.0 Å². The summed E-state index contributed by atoms with van der Waals surface area (Å²) in [5.41, 5.74) is -2.27. The summed E-state index contributed by atoms with van der Waals surface area (Å²) in [6, 6.07) is 2.22. The Kier molecular flexibility index (Phi) is 3.37. The van der Waals surface area contributed by atoms with Crippen LogP contribution in [-0.4, -0.2) is 20.9 Å². The predicted molar refractivity (Wildman–Crippen MR) is 56.1 cm³/mol. The predicted octanol–water partition coefficient (Wildman–Crippen LogP) is 1.76. The average molecular weight is 240 g/mol. The van der Waals surface area contributed by atoms with Crippen LogP contribution < -0.4 is 0 Å². The summed E-state index contributed by atoms with van der Waals surface area (Å²) in [5, 5.41) is 30.3. The SMILES string of the molecule is CCc1ccc(C(=O)O)c([N+](=O)[O-])c1[N+](=O)[O-]. The second-order valence-electron chi connectivity index (χ2n) is 3.14. The van der Waals surface area contributed by atoms with Gasteiger partial charge in [-0.2, -0.15) is 0 Å². The zero-order valence-electron chi connectivity index (χ0n) is 8.74. The number of hydrogen-bond acceptors (Lipinski definition) is 5. The van der Waals surface area contributed by atoms with Gasteiger partial charge in [0.2, 0.25) is 0 Å². The van der Waals surface area contributed by atoms with Crippen molar-refractivity contribution < 1.29 is 19.7 Å². The summed E-state index contributed by atoms with van der Waals surface area (Å²) in [4.78, 5) is 30.4. The number of benzene rings is 1. The summed E-state index contributed by atoms with van der Waals surface area (Å²) in [7, 11) is 0. The molecule has 90 valence electrons. The minimum Gasteiger partial charge on any atom is -0.477 e. The van der Waals surface area contributed by atoms with Crippen molar-refractivity contribution in [3.8, 4) is 0 Å². The Morgan fingerprint density at radius 3 is 2.12 bits per heavy atom. The first-order valence-electron chi connectivity index (χ1n) is 4.58. The summed E-state index contributed by atoms with van der Waals surface area (Å²) in [6.45, 7) is 1.59. The van der Waals surface area contributed by atoms with Crippen molar-refractivity contribution in [2.24, 2.45) is 0 Å². The molecule has 0 aliphatic heterocycles. The maximum absolute atomic E-state index is 10.8. The second-order valence-corrected chi connectivity index (χ2v) is 3.14. The van der Waals surface area contributed by atoms with E-state index in [-0.39, 0.29) is 12.0 Å². The molecular formula is C9H8N2O6. The minimum atomic E-state index is -1.57. The first-order chi connectivity index (χ1) is 7.90. The van der Waals surface area contributed by atoms with Gasteiger partial charge in [-0.1, -0.05) is 13.0 Å². The first-order valence-corrected chi connectivity index (χ1v) is 4.58. The normalized spacial score (nSPS) is 9.94.